The summed E-state index contributed by atoms with van der Waals surface area (Å²) in [7, 11) is 5.52. The molecule has 1 N–H and O–H groups in total. The van der Waals surface area contributed by atoms with Gasteiger partial charge in [-0.1, -0.05) is 13.8 Å². The fourth-order valence-electron chi connectivity index (χ4n) is 1.77. The predicted octanol–water partition coefficient (Wildman–Crippen LogP) is 1.15. The van der Waals surface area contributed by atoms with E-state index in [4.69, 9.17) is 12.6 Å². The molecule has 1 heterocycles. The summed E-state index contributed by atoms with van der Waals surface area (Å²) in [6, 6.07) is 0.541. The molecule has 0 aromatic carbocycles. The number of ether oxygens (including phenoxy) is 1. The van der Waals surface area contributed by atoms with Gasteiger partial charge in [0.1, 0.15) is 7.85 Å². The lowest BCUT2D eigenvalue weighted by molar-refractivity contribution is 0.0897. The van der Waals surface area contributed by atoms with E-state index in [1.807, 2.05) is 6.92 Å². The van der Waals surface area contributed by atoms with Crippen molar-refractivity contribution >= 4 is 7.85 Å². The zero-order valence-corrected chi connectivity index (χ0v) is 8.92. The van der Waals surface area contributed by atoms with Crippen LogP contribution in [0.4, 0.5) is 0 Å². The second-order valence-corrected chi connectivity index (χ2v) is 4.40. The van der Waals surface area contributed by atoms with Gasteiger partial charge in [-0.15, -0.1) is 0 Å². The Bertz CT molecular complexity index is 150. The molecule has 0 bridgehead atoms. The lowest BCUT2D eigenvalue weighted by Crippen LogP contribution is -2.26. The van der Waals surface area contributed by atoms with Crippen molar-refractivity contribution in [2.24, 2.45) is 11.8 Å². The molecule has 1 fully saturated rings. The van der Waals surface area contributed by atoms with Crippen molar-refractivity contribution in [3.63, 3.8) is 0 Å². The Labute approximate surface area is 82.8 Å². The third-order valence-corrected chi connectivity index (χ3v) is 2.66. The number of nitrogens with one attached hydrogen (secondary N) is 1. The van der Waals surface area contributed by atoms with E-state index in [0.717, 1.165) is 19.1 Å². The topological polar surface area (TPSA) is 21.3 Å². The highest BCUT2D eigenvalue weighted by Crippen LogP contribution is 2.19. The highest BCUT2D eigenvalue weighted by molar-refractivity contribution is 6.10. The van der Waals surface area contributed by atoms with Crippen molar-refractivity contribution in [1.29, 1.82) is 0 Å². The van der Waals surface area contributed by atoms with E-state index < -0.39 is 0 Å². The summed E-state index contributed by atoms with van der Waals surface area (Å²) in [5.41, 5.74) is 0. The molecule has 1 aliphatic heterocycles. The lowest BCUT2D eigenvalue weighted by Gasteiger charge is -2.15. The van der Waals surface area contributed by atoms with E-state index in [2.05, 4.69) is 19.2 Å². The fourth-order valence-corrected chi connectivity index (χ4v) is 1.77. The molecular formula is C10H20BNO. The van der Waals surface area contributed by atoms with Crippen LogP contribution in [0.5, 0.6) is 0 Å². The van der Waals surface area contributed by atoms with E-state index in [1.54, 1.807) is 0 Å². The van der Waals surface area contributed by atoms with Crippen molar-refractivity contribution in [1.82, 2.24) is 5.32 Å². The standard InChI is InChI=1S/C10H20BNO/c1-7(2)10-4-9(5-12-10)6-13-8(3)11/h7-10,12H,4-6H2,1-3H3/t8?,9?,10-/m0/s1. The molecule has 0 amide bonds. The molecule has 74 valence electrons. The Kier molecular flexibility index (Phi) is 4.27. The van der Waals surface area contributed by atoms with Gasteiger partial charge in [-0.2, -0.15) is 0 Å². The van der Waals surface area contributed by atoms with Gasteiger partial charge in [0.25, 0.3) is 0 Å². The largest absolute Gasteiger partial charge is 0.388 e. The molecule has 1 rings (SSSR count). The van der Waals surface area contributed by atoms with Crippen molar-refractivity contribution in [3.8, 4) is 0 Å². The summed E-state index contributed by atoms with van der Waals surface area (Å²) in [4.78, 5) is 0. The van der Waals surface area contributed by atoms with Gasteiger partial charge in [0.2, 0.25) is 0 Å². The third kappa shape index (κ3) is 3.69. The molecule has 2 radical (unpaired) electrons. The molecule has 3 atom stereocenters. The maximum atomic E-state index is 5.52. The van der Waals surface area contributed by atoms with Gasteiger partial charge in [0.15, 0.2) is 0 Å². The van der Waals surface area contributed by atoms with Crippen molar-refractivity contribution in [2.75, 3.05) is 13.2 Å². The van der Waals surface area contributed by atoms with Crippen LogP contribution in [0.1, 0.15) is 27.2 Å². The van der Waals surface area contributed by atoms with Crippen LogP contribution in [-0.4, -0.2) is 33.0 Å². The number of rotatable bonds is 4. The van der Waals surface area contributed by atoms with Gasteiger partial charge >= 0.3 is 0 Å². The lowest BCUT2D eigenvalue weighted by atomic mass is 9.98. The van der Waals surface area contributed by atoms with E-state index in [-0.39, 0.29) is 6.00 Å². The molecular weight excluding hydrogens is 161 g/mol. The molecule has 0 saturated carbocycles. The predicted molar refractivity (Wildman–Crippen MR) is 55.9 cm³/mol. The van der Waals surface area contributed by atoms with Gasteiger partial charge in [-0.3, -0.25) is 0 Å². The first-order chi connectivity index (χ1) is 6.09. The quantitative estimate of drug-likeness (QED) is 0.657. The minimum absolute atomic E-state index is 0.127. The second kappa shape index (κ2) is 5.01. The van der Waals surface area contributed by atoms with E-state index in [9.17, 15) is 0 Å². The van der Waals surface area contributed by atoms with Crippen LogP contribution in [-0.2, 0) is 4.74 Å². The normalized spacial score (nSPS) is 31.1. The van der Waals surface area contributed by atoms with Gasteiger partial charge < -0.3 is 10.1 Å². The first-order valence-corrected chi connectivity index (χ1v) is 5.20. The molecule has 3 heteroatoms. The minimum Gasteiger partial charge on any atom is -0.388 e. The molecule has 1 aliphatic rings. The first kappa shape index (κ1) is 11.1. The molecule has 2 unspecified atom stereocenters. The third-order valence-electron chi connectivity index (χ3n) is 2.66. The fraction of sp³-hybridized carbons (Fsp3) is 1.00. The van der Waals surface area contributed by atoms with Crippen LogP contribution < -0.4 is 5.32 Å². The van der Waals surface area contributed by atoms with Crippen LogP contribution in [0.15, 0.2) is 0 Å². The summed E-state index contributed by atoms with van der Waals surface area (Å²) < 4.78 is 5.39. The summed E-state index contributed by atoms with van der Waals surface area (Å²) in [6.45, 7) is 8.27. The highest BCUT2D eigenvalue weighted by Gasteiger charge is 2.26. The maximum Gasteiger partial charge on any atom is 0.108 e. The minimum atomic E-state index is -0.127. The average Bonchev–Trinajstić information content (AvgIpc) is 2.48. The molecule has 2 nitrogen and oxygen atoms in total. The summed E-state index contributed by atoms with van der Waals surface area (Å²) in [6.07, 6.45) is 1.23. The summed E-state index contributed by atoms with van der Waals surface area (Å²) >= 11 is 0. The smallest absolute Gasteiger partial charge is 0.108 e. The van der Waals surface area contributed by atoms with Gasteiger partial charge in [0.05, 0.1) is 0 Å². The molecule has 0 aliphatic carbocycles. The summed E-state index contributed by atoms with van der Waals surface area (Å²) in [5.74, 6) is 1.37. The molecule has 0 aromatic heterocycles. The molecule has 0 spiro atoms. The Balaban J connectivity index is 2.17. The van der Waals surface area contributed by atoms with E-state index in [0.29, 0.717) is 12.0 Å². The molecule has 13 heavy (non-hydrogen) atoms. The Hall–Kier alpha value is -0.0151. The first-order valence-electron chi connectivity index (χ1n) is 5.20. The Morgan fingerprint density at radius 1 is 1.46 bits per heavy atom. The van der Waals surface area contributed by atoms with Crippen molar-refractivity contribution in [2.45, 2.75) is 39.2 Å². The number of hydrogen-bond donors (Lipinski definition) is 1. The van der Waals surface area contributed by atoms with E-state index >= 15 is 0 Å². The zero-order chi connectivity index (χ0) is 9.84. The SMILES string of the molecule is [B]C(C)OCC1CN[C@H](C(C)C)C1. The Morgan fingerprint density at radius 3 is 2.62 bits per heavy atom. The number of hydrogen-bond acceptors (Lipinski definition) is 2. The van der Waals surface area contributed by atoms with Crippen molar-refractivity contribution in [3.05, 3.63) is 0 Å². The van der Waals surface area contributed by atoms with Crippen LogP contribution in [0.2, 0.25) is 0 Å². The zero-order valence-electron chi connectivity index (χ0n) is 8.92. The maximum absolute atomic E-state index is 5.52. The van der Waals surface area contributed by atoms with Crippen LogP contribution in [0.25, 0.3) is 0 Å². The average molecular weight is 181 g/mol. The van der Waals surface area contributed by atoms with Crippen LogP contribution >= 0.6 is 0 Å². The monoisotopic (exact) mass is 181 g/mol. The van der Waals surface area contributed by atoms with E-state index in [1.165, 1.54) is 6.42 Å². The summed E-state index contributed by atoms with van der Waals surface area (Å²) in [5, 5.41) is 3.51. The molecule has 1 saturated heterocycles. The van der Waals surface area contributed by atoms with Gasteiger partial charge in [0, 0.05) is 25.2 Å². The van der Waals surface area contributed by atoms with Crippen LogP contribution in [0.3, 0.4) is 0 Å². The van der Waals surface area contributed by atoms with Gasteiger partial charge in [-0.05, 0) is 25.2 Å². The highest BCUT2D eigenvalue weighted by atomic mass is 16.5. The molecule has 0 aromatic rings. The second-order valence-electron chi connectivity index (χ2n) is 4.40. The van der Waals surface area contributed by atoms with Crippen molar-refractivity contribution < 1.29 is 4.74 Å². The Morgan fingerprint density at radius 2 is 2.15 bits per heavy atom. The van der Waals surface area contributed by atoms with Gasteiger partial charge in [-0.25, -0.2) is 0 Å². The van der Waals surface area contributed by atoms with Crippen LogP contribution in [0, 0.1) is 11.8 Å².